The zero-order valence-corrected chi connectivity index (χ0v) is 76.4. The lowest BCUT2D eigenvalue weighted by molar-refractivity contribution is -0.405. The number of carbonyl (C=O) groups excluding carboxylic acids is 4. The van der Waals surface area contributed by atoms with E-state index in [2.05, 4.69) is 35.1 Å². The Bertz CT molecular complexity index is 3280. The van der Waals surface area contributed by atoms with Crippen LogP contribution in [0.1, 0.15) is 253 Å². The van der Waals surface area contributed by atoms with Gasteiger partial charge in [-0.15, -0.1) is 0 Å². The minimum absolute atomic E-state index is 0.0958. The SMILES string of the molecule is CCCCCCCCCCCCC/C=C/[C@@H](O)[C@H](CO[C@@H]1O[C@H](CO)[C@@H](O[C@@H]2O[C@H](CO)[C@H](O[C@@H]3O[C@H](CO)[C@H](O)[C@H](O[C@@H]4O[C@H](CO)[C@H](O)[C@H](O[C@]5(C(=O)O)C[C@H](O)[C@@H](NC(C)=O)[C@H]([C@H](O)[C@H](O)CO)O5)[C@H]4O)[C@H]3NC(C)=O)[C@H](O[C@]3(C(=O)O)C[C@H](O)[C@@H](NC(C)=O)[C@H]([C@H](O)[C@H](O)CO)O3)[C@H]2O)[C@H](O)[C@H]1O)NC(=O)CCCCCCCCCCCCCCCCCCCCC. The van der Waals surface area contributed by atoms with E-state index in [0.717, 1.165) is 85.0 Å². The number of amides is 4. The number of aliphatic hydroxyl groups is 19. The molecule has 0 aromatic rings. The summed E-state index contributed by atoms with van der Waals surface area (Å²) in [7, 11) is 0. The summed E-state index contributed by atoms with van der Waals surface area (Å²) >= 11 is 0. The van der Waals surface area contributed by atoms with E-state index in [-0.39, 0.29) is 6.42 Å². The predicted molar refractivity (Wildman–Crippen MR) is 458 cm³/mol. The second-order valence-electron chi connectivity index (χ2n) is 35.7. The standard InChI is InChI=1S/C88H156N4O39/c1-6-8-10-12-14-16-18-20-21-22-23-24-25-27-29-31-33-35-37-39-62(107)92-52(53(102)38-36-34-32-30-28-26-19-17-15-13-11-9-7-2)48-120-82-71(113)70(112)74(60(46-97)123-82)125-84-73(115)80(131-88(86(118)119)41-55(104)64(90-50(4)100)78(129-88)67(109)57(106)43-94)75(61(47-98)124-84)126-81-65(91-51(5)101)76(68(110)58(44-95)121-81)127-83-72(114)79(69(111)59(45-96)122-83)130-87(85(116)117)40-54(103)63(89-49(3)99)77(128-87)66(108)56(105)42-93/h36,38,52-61,63-84,93-98,102-106,108-115H,6-35,37,39-48H2,1-5H3,(H,89,99)(H,90,100)(H,91,101)(H,92,107)(H,116,117)(H,118,119)/b38-36+/t52-,53+,54-,55-,56+,57+,58+,59+,60+,61+,63+,64+,65+,66+,67+,68-,69-,70+,71+,72+,73+,74+,75-,76+,77+,78+,79-,80+,81-,82+,83-,84-,87-,88-/m0/s1. The largest absolute Gasteiger partial charge is 0.477 e. The molecule has 0 aromatic carbocycles. The smallest absolute Gasteiger partial charge is 0.364 e. The molecule has 0 aromatic heterocycles. The molecule has 6 heterocycles. The monoisotopic (exact) mass is 1890 g/mol. The summed E-state index contributed by atoms with van der Waals surface area (Å²) in [5, 5.41) is 248. The highest BCUT2D eigenvalue weighted by molar-refractivity contribution is 5.78. The number of hydrogen-bond donors (Lipinski definition) is 25. The Morgan fingerprint density at radius 2 is 0.748 bits per heavy atom. The summed E-state index contributed by atoms with van der Waals surface area (Å²) in [6.07, 6.45) is -26.8. The first-order chi connectivity index (χ1) is 62.6. The summed E-state index contributed by atoms with van der Waals surface area (Å²) in [6, 6.07) is -6.94. The fraction of sp³-hybridized carbons (Fsp3) is 0.909. The number of nitrogens with one attached hydrogen (secondary N) is 4. The second kappa shape index (κ2) is 59.6. The van der Waals surface area contributed by atoms with E-state index >= 15 is 0 Å². The van der Waals surface area contributed by atoms with E-state index in [0.29, 0.717) is 12.8 Å². The third kappa shape index (κ3) is 34.7. The highest BCUT2D eigenvalue weighted by Crippen LogP contribution is 2.43. The van der Waals surface area contributed by atoms with E-state index in [9.17, 15) is 136 Å². The number of aliphatic carboxylic acids is 2. The molecule has 25 N–H and O–H groups in total. The molecule has 0 aliphatic carbocycles. The lowest BCUT2D eigenvalue weighted by Gasteiger charge is -2.53. The van der Waals surface area contributed by atoms with Crippen molar-refractivity contribution in [3.8, 4) is 0 Å². The summed E-state index contributed by atoms with van der Waals surface area (Å²) in [5.41, 5.74) is 0. The van der Waals surface area contributed by atoms with E-state index < -0.39 is 302 Å². The van der Waals surface area contributed by atoms with Crippen LogP contribution in [0.2, 0.25) is 0 Å². The maximum absolute atomic E-state index is 14.1. The van der Waals surface area contributed by atoms with Crippen molar-refractivity contribution in [2.75, 3.05) is 46.2 Å². The van der Waals surface area contributed by atoms with Gasteiger partial charge in [-0.25, -0.2) is 9.59 Å². The molecule has 43 nitrogen and oxygen atoms in total. The van der Waals surface area contributed by atoms with E-state index in [1.807, 2.05) is 0 Å². The zero-order chi connectivity index (χ0) is 96.7. The molecular weight excluding hydrogens is 1740 g/mol. The van der Waals surface area contributed by atoms with Gasteiger partial charge in [-0.05, 0) is 19.3 Å². The number of hydrogen-bond acceptors (Lipinski definition) is 37. The van der Waals surface area contributed by atoms with Crippen molar-refractivity contribution >= 4 is 35.6 Å². The van der Waals surface area contributed by atoms with Crippen LogP contribution >= 0.6 is 0 Å². The molecule has 6 rings (SSSR count). The normalized spacial score (nSPS) is 34.4. The molecule has 43 heteroatoms. The Labute approximate surface area is 765 Å². The number of carbonyl (C=O) groups is 6. The van der Waals surface area contributed by atoms with Gasteiger partial charge in [-0.2, -0.15) is 0 Å². The first-order valence-electron chi connectivity index (χ1n) is 47.2. The van der Waals surface area contributed by atoms with Gasteiger partial charge < -0.3 is 185 Å². The fourth-order valence-corrected chi connectivity index (χ4v) is 17.6. The van der Waals surface area contributed by atoms with E-state index in [4.69, 9.17) is 56.8 Å². The number of unbranched alkanes of at least 4 members (excludes halogenated alkanes) is 29. The number of allylic oxidation sites excluding steroid dienone is 1. The van der Waals surface area contributed by atoms with Crippen LogP contribution in [0.4, 0.5) is 0 Å². The molecule has 131 heavy (non-hydrogen) atoms. The summed E-state index contributed by atoms with van der Waals surface area (Å²) < 4.78 is 72.5. The molecule has 6 aliphatic heterocycles. The lowest BCUT2D eigenvalue weighted by atomic mass is 9.88. The molecule has 4 amide bonds. The molecular formula is C88H156N4O39. The van der Waals surface area contributed by atoms with Gasteiger partial charge in [-0.3, -0.25) is 19.2 Å². The molecule has 0 spiro atoms. The number of ether oxygens (including phenoxy) is 12. The molecule has 0 unspecified atom stereocenters. The third-order valence-corrected chi connectivity index (χ3v) is 25.1. The summed E-state index contributed by atoms with van der Waals surface area (Å²) in [6.45, 7) is -0.808. The van der Waals surface area contributed by atoms with Crippen molar-refractivity contribution in [3.05, 3.63) is 12.2 Å². The van der Waals surface area contributed by atoms with Crippen LogP contribution in [0.25, 0.3) is 0 Å². The summed E-state index contributed by atoms with van der Waals surface area (Å²) in [4.78, 5) is 79.7. The van der Waals surface area contributed by atoms with E-state index in [1.54, 1.807) is 6.08 Å². The van der Waals surface area contributed by atoms with Gasteiger partial charge in [0.1, 0.15) is 134 Å². The van der Waals surface area contributed by atoms with Gasteiger partial charge in [0.15, 0.2) is 25.2 Å². The van der Waals surface area contributed by atoms with Crippen molar-refractivity contribution in [1.82, 2.24) is 21.3 Å². The predicted octanol–water partition coefficient (Wildman–Crippen LogP) is -2.31. The summed E-state index contributed by atoms with van der Waals surface area (Å²) in [5.74, 6) is -14.5. The van der Waals surface area contributed by atoms with Gasteiger partial charge in [0.2, 0.25) is 23.6 Å². The quantitative estimate of drug-likeness (QED) is 0.0225. The molecule has 34 atom stereocenters. The first kappa shape index (κ1) is 115. The maximum atomic E-state index is 14.1. The molecule has 0 radical (unpaired) electrons. The maximum Gasteiger partial charge on any atom is 0.364 e. The van der Waals surface area contributed by atoms with Gasteiger partial charge in [0.05, 0.1) is 82.7 Å². The van der Waals surface area contributed by atoms with Crippen LogP contribution in [0, 0.1) is 0 Å². The van der Waals surface area contributed by atoms with Gasteiger partial charge in [0.25, 0.3) is 11.6 Å². The Morgan fingerprint density at radius 3 is 1.16 bits per heavy atom. The average Bonchev–Trinajstić information content (AvgIpc) is 0.746. The van der Waals surface area contributed by atoms with Crippen LogP contribution in [0.3, 0.4) is 0 Å². The molecule has 6 aliphatic rings. The number of rotatable bonds is 63. The van der Waals surface area contributed by atoms with Crippen molar-refractivity contribution in [2.24, 2.45) is 0 Å². The van der Waals surface area contributed by atoms with Crippen LogP contribution in [-0.4, -0.2) is 396 Å². The van der Waals surface area contributed by atoms with Crippen molar-refractivity contribution in [3.63, 3.8) is 0 Å². The molecule has 6 saturated heterocycles. The van der Waals surface area contributed by atoms with E-state index in [1.165, 1.54) is 128 Å². The van der Waals surface area contributed by atoms with Gasteiger partial charge in [-0.1, -0.05) is 206 Å². The van der Waals surface area contributed by atoms with Gasteiger partial charge in [0, 0.05) is 40.0 Å². The Hall–Kier alpha value is -4.68. The second-order valence-corrected chi connectivity index (χ2v) is 35.7. The Kier molecular flexibility index (Phi) is 52.3. The highest BCUT2D eigenvalue weighted by atomic mass is 16.8. The molecule has 0 saturated carbocycles. The number of carboxylic acid groups (broad SMARTS) is 2. The first-order valence-corrected chi connectivity index (χ1v) is 47.2. The lowest BCUT2D eigenvalue weighted by Crippen LogP contribution is -2.72. The number of aliphatic hydroxyl groups excluding tert-OH is 19. The third-order valence-electron chi connectivity index (χ3n) is 25.1. The zero-order valence-electron chi connectivity index (χ0n) is 76.4. The molecule has 0 bridgehead atoms. The Morgan fingerprint density at radius 1 is 0.397 bits per heavy atom. The van der Waals surface area contributed by atoms with Crippen LogP contribution in [0.5, 0.6) is 0 Å². The fourth-order valence-electron chi connectivity index (χ4n) is 17.6. The van der Waals surface area contributed by atoms with Crippen molar-refractivity contribution < 1.29 is 193 Å². The van der Waals surface area contributed by atoms with Gasteiger partial charge >= 0.3 is 11.9 Å². The van der Waals surface area contributed by atoms with Crippen LogP contribution in [-0.2, 0) is 85.6 Å². The molecule has 6 fully saturated rings. The minimum Gasteiger partial charge on any atom is -0.477 e. The van der Waals surface area contributed by atoms with Crippen LogP contribution < -0.4 is 21.3 Å². The average molecular weight is 1890 g/mol. The molecule has 762 valence electrons. The Balaban J connectivity index is 1.27. The van der Waals surface area contributed by atoms with Crippen LogP contribution in [0.15, 0.2) is 12.2 Å². The topological polar surface area (TPSA) is 686 Å². The highest BCUT2D eigenvalue weighted by Gasteiger charge is 2.64. The van der Waals surface area contributed by atoms with Crippen molar-refractivity contribution in [2.45, 2.75) is 460 Å². The number of carboxylic acids is 2. The van der Waals surface area contributed by atoms with Crippen molar-refractivity contribution in [1.29, 1.82) is 0 Å². The minimum atomic E-state index is -3.50.